The number of carbonyl (C=O) groups is 1. The van der Waals surface area contributed by atoms with E-state index in [1.54, 1.807) is 35.2 Å². The zero-order valence-electron chi connectivity index (χ0n) is 11.2. The van der Waals surface area contributed by atoms with E-state index in [2.05, 4.69) is 11.1 Å². The summed E-state index contributed by atoms with van der Waals surface area (Å²) in [6.07, 6.45) is 0. The van der Waals surface area contributed by atoms with Gasteiger partial charge >= 0.3 is 5.97 Å². The van der Waals surface area contributed by atoms with Gasteiger partial charge in [-0.25, -0.2) is 9.78 Å². The van der Waals surface area contributed by atoms with Crippen LogP contribution in [0.5, 0.6) is 0 Å². The summed E-state index contributed by atoms with van der Waals surface area (Å²) in [6.45, 7) is 0.383. The van der Waals surface area contributed by atoms with Crippen molar-refractivity contribution >= 4 is 39.3 Å². The molecule has 0 aliphatic rings. The first-order chi connectivity index (χ1) is 10.3. The second-order valence-corrected chi connectivity index (χ2v) is 6.67. The molecule has 5 heteroatoms. The summed E-state index contributed by atoms with van der Waals surface area (Å²) in [7, 11) is 0. The molecule has 0 saturated heterocycles. The third-order valence-electron chi connectivity index (χ3n) is 2.83. The number of fused-ring (bicyclic) bond motifs is 1. The molecule has 1 heterocycles. The van der Waals surface area contributed by atoms with Crippen molar-refractivity contribution in [1.29, 1.82) is 0 Å². The number of carbonyl (C=O) groups excluding carboxylic acids is 1. The Morgan fingerprint density at radius 3 is 2.67 bits per heavy atom. The number of benzene rings is 2. The molecule has 106 valence electrons. The molecule has 1 aromatic heterocycles. The Bertz CT molecular complexity index is 707. The number of esters is 1. The lowest BCUT2D eigenvalue weighted by Crippen LogP contribution is -2.07. The van der Waals surface area contributed by atoms with Gasteiger partial charge in [-0.05, 0) is 24.3 Å². The lowest BCUT2D eigenvalue weighted by molar-refractivity contribution is 0.0530. The molecule has 0 atom stereocenters. The SMILES string of the molecule is O=C(OCCSc1nc2ccccc2s1)c1ccccc1. The van der Waals surface area contributed by atoms with Crippen molar-refractivity contribution in [2.75, 3.05) is 12.4 Å². The second-order valence-electron chi connectivity index (χ2n) is 4.30. The molecular weight excluding hydrogens is 302 g/mol. The van der Waals surface area contributed by atoms with E-state index >= 15 is 0 Å². The van der Waals surface area contributed by atoms with Gasteiger partial charge in [0.25, 0.3) is 0 Å². The lowest BCUT2D eigenvalue weighted by Gasteiger charge is -2.03. The first-order valence-corrected chi connectivity index (χ1v) is 8.34. The van der Waals surface area contributed by atoms with Crippen molar-refractivity contribution < 1.29 is 9.53 Å². The topological polar surface area (TPSA) is 39.2 Å². The molecule has 3 aromatic rings. The Morgan fingerprint density at radius 2 is 1.86 bits per heavy atom. The summed E-state index contributed by atoms with van der Waals surface area (Å²) in [5.74, 6) is 0.429. The standard InChI is InChI=1S/C16H13NO2S2/c18-15(12-6-2-1-3-7-12)19-10-11-20-16-17-13-8-4-5-9-14(13)21-16/h1-9H,10-11H2. The smallest absolute Gasteiger partial charge is 0.338 e. The fraction of sp³-hybridized carbons (Fsp3) is 0.125. The molecule has 0 N–H and O–H groups in total. The summed E-state index contributed by atoms with van der Waals surface area (Å²) in [5, 5.41) is 0. The number of hydrogen-bond acceptors (Lipinski definition) is 5. The van der Waals surface area contributed by atoms with E-state index in [0.29, 0.717) is 17.9 Å². The maximum atomic E-state index is 11.8. The van der Waals surface area contributed by atoms with Crippen LogP contribution in [0.15, 0.2) is 58.9 Å². The van der Waals surface area contributed by atoms with Gasteiger partial charge in [0.15, 0.2) is 4.34 Å². The monoisotopic (exact) mass is 315 g/mol. The van der Waals surface area contributed by atoms with Crippen LogP contribution in [0.1, 0.15) is 10.4 Å². The molecule has 2 aromatic carbocycles. The Balaban J connectivity index is 1.49. The summed E-state index contributed by atoms with van der Waals surface area (Å²) < 4.78 is 7.43. The number of thioether (sulfide) groups is 1. The van der Waals surface area contributed by atoms with Gasteiger partial charge in [0, 0.05) is 5.75 Å². The number of thiazole rings is 1. The van der Waals surface area contributed by atoms with Crippen LogP contribution in [0.3, 0.4) is 0 Å². The van der Waals surface area contributed by atoms with Gasteiger partial charge in [-0.2, -0.15) is 0 Å². The molecule has 0 amide bonds. The Morgan fingerprint density at radius 1 is 1.10 bits per heavy atom. The molecular formula is C16H13NO2S2. The fourth-order valence-electron chi connectivity index (χ4n) is 1.83. The molecule has 3 nitrogen and oxygen atoms in total. The third kappa shape index (κ3) is 3.62. The molecule has 0 saturated carbocycles. The predicted molar refractivity (Wildman–Crippen MR) is 87.1 cm³/mol. The van der Waals surface area contributed by atoms with Crippen LogP contribution in [-0.2, 0) is 4.74 Å². The van der Waals surface area contributed by atoms with E-state index in [1.807, 2.05) is 36.4 Å². The van der Waals surface area contributed by atoms with Crippen molar-refractivity contribution in [3.8, 4) is 0 Å². The average molecular weight is 315 g/mol. The number of ether oxygens (including phenoxy) is 1. The van der Waals surface area contributed by atoms with E-state index in [-0.39, 0.29) is 5.97 Å². The maximum Gasteiger partial charge on any atom is 0.338 e. The molecule has 0 radical (unpaired) electrons. The number of hydrogen-bond donors (Lipinski definition) is 0. The highest BCUT2D eigenvalue weighted by atomic mass is 32.2. The highest BCUT2D eigenvalue weighted by Crippen LogP contribution is 2.29. The van der Waals surface area contributed by atoms with Crippen LogP contribution in [0.25, 0.3) is 10.2 Å². The first kappa shape index (κ1) is 14.1. The maximum absolute atomic E-state index is 11.8. The number of nitrogens with zero attached hydrogens (tertiary/aromatic N) is 1. The first-order valence-electron chi connectivity index (χ1n) is 6.53. The van der Waals surface area contributed by atoms with Crippen LogP contribution in [0.4, 0.5) is 0 Å². The number of para-hydroxylation sites is 1. The molecule has 0 spiro atoms. The quantitative estimate of drug-likeness (QED) is 0.401. The second kappa shape index (κ2) is 6.74. The minimum absolute atomic E-state index is 0.277. The molecule has 3 rings (SSSR count). The largest absolute Gasteiger partial charge is 0.461 e. The lowest BCUT2D eigenvalue weighted by atomic mass is 10.2. The number of aromatic nitrogens is 1. The Hall–Kier alpha value is -1.85. The van der Waals surface area contributed by atoms with E-state index in [9.17, 15) is 4.79 Å². The summed E-state index contributed by atoms with van der Waals surface area (Å²) in [5.41, 5.74) is 1.61. The minimum atomic E-state index is -0.277. The molecule has 0 aliphatic carbocycles. The van der Waals surface area contributed by atoms with Crippen LogP contribution in [0.2, 0.25) is 0 Å². The fourth-order valence-corrected chi connectivity index (χ4v) is 3.79. The van der Waals surface area contributed by atoms with Crippen molar-refractivity contribution in [2.24, 2.45) is 0 Å². The molecule has 0 fully saturated rings. The Kier molecular flexibility index (Phi) is 4.52. The van der Waals surface area contributed by atoms with Gasteiger partial charge in [-0.15, -0.1) is 11.3 Å². The van der Waals surface area contributed by atoms with Gasteiger partial charge in [0.1, 0.15) is 6.61 Å². The highest BCUT2D eigenvalue weighted by Gasteiger charge is 2.07. The molecule has 21 heavy (non-hydrogen) atoms. The van der Waals surface area contributed by atoms with Crippen LogP contribution >= 0.6 is 23.1 Å². The van der Waals surface area contributed by atoms with E-state index < -0.39 is 0 Å². The van der Waals surface area contributed by atoms with Gasteiger partial charge in [0.05, 0.1) is 15.8 Å². The minimum Gasteiger partial charge on any atom is -0.461 e. The van der Waals surface area contributed by atoms with Gasteiger partial charge in [-0.3, -0.25) is 0 Å². The van der Waals surface area contributed by atoms with Crippen molar-refractivity contribution in [3.05, 3.63) is 60.2 Å². The van der Waals surface area contributed by atoms with Crippen molar-refractivity contribution in [2.45, 2.75) is 4.34 Å². The molecule has 0 aliphatic heterocycles. The van der Waals surface area contributed by atoms with Crippen LogP contribution in [-0.4, -0.2) is 23.3 Å². The Labute approximate surface area is 131 Å². The summed E-state index contributed by atoms with van der Waals surface area (Å²) in [4.78, 5) is 16.3. The molecule has 0 bridgehead atoms. The summed E-state index contributed by atoms with van der Waals surface area (Å²) in [6, 6.07) is 17.1. The third-order valence-corrected chi connectivity index (χ3v) is 4.97. The zero-order chi connectivity index (χ0) is 14.5. The van der Waals surface area contributed by atoms with E-state index in [1.165, 1.54) is 4.70 Å². The van der Waals surface area contributed by atoms with Crippen LogP contribution < -0.4 is 0 Å². The summed E-state index contributed by atoms with van der Waals surface area (Å²) >= 11 is 3.28. The zero-order valence-corrected chi connectivity index (χ0v) is 12.8. The van der Waals surface area contributed by atoms with Crippen LogP contribution in [0, 0.1) is 0 Å². The van der Waals surface area contributed by atoms with Gasteiger partial charge < -0.3 is 4.74 Å². The number of rotatable bonds is 5. The van der Waals surface area contributed by atoms with Crippen molar-refractivity contribution in [1.82, 2.24) is 4.98 Å². The van der Waals surface area contributed by atoms with Gasteiger partial charge in [0.2, 0.25) is 0 Å². The highest BCUT2D eigenvalue weighted by molar-refractivity contribution is 8.01. The van der Waals surface area contributed by atoms with Crippen molar-refractivity contribution in [3.63, 3.8) is 0 Å². The molecule has 0 unspecified atom stereocenters. The van der Waals surface area contributed by atoms with Gasteiger partial charge in [-0.1, -0.05) is 42.1 Å². The van der Waals surface area contributed by atoms with E-state index in [0.717, 1.165) is 9.86 Å². The average Bonchev–Trinajstić information content (AvgIpc) is 2.95. The predicted octanol–water partition coefficient (Wildman–Crippen LogP) is 4.25. The van der Waals surface area contributed by atoms with E-state index in [4.69, 9.17) is 4.74 Å². The normalized spacial score (nSPS) is 10.7.